The quantitative estimate of drug-likeness (QED) is 0.910. The molecular formula is C12H16N2O3S. The number of hydrogen-bond acceptors (Lipinski definition) is 4. The van der Waals surface area contributed by atoms with Gasteiger partial charge in [0.05, 0.1) is 0 Å². The molecule has 1 N–H and O–H groups in total. The molecule has 0 radical (unpaired) electrons. The predicted molar refractivity (Wildman–Crippen MR) is 68.2 cm³/mol. The van der Waals surface area contributed by atoms with Crippen molar-refractivity contribution < 1.29 is 14.7 Å². The van der Waals surface area contributed by atoms with Crippen LogP contribution in [0.5, 0.6) is 0 Å². The first-order valence-corrected chi connectivity index (χ1v) is 6.90. The molecule has 1 aromatic heterocycles. The van der Waals surface area contributed by atoms with Gasteiger partial charge >= 0.3 is 5.97 Å². The summed E-state index contributed by atoms with van der Waals surface area (Å²) in [6, 6.07) is 0.220. The van der Waals surface area contributed by atoms with Crippen molar-refractivity contribution in [2.45, 2.75) is 39.2 Å². The Morgan fingerprint density at radius 2 is 2.28 bits per heavy atom. The highest BCUT2D eigenvalue weighted by molar-refractivity contribution is 7.13. The molecule has 2 rings (SSSR count). The minimum absolute atomic E-state index is 0.00190. The SMILES string of the molecule is CCc1sc(C(=O)O)nc1C(=O)N1CCCC1C. The molecule has 1 aromatic rings. The van der Waals surface area contributed by atoms with Crippen LogP contribution in [-0.4, -0.2) is 39.5 Å². The van der Waals surface area contributed by atoms with Gasteiger partial charge in [0.2, 0.25) is 5.01 Å². The van der Waals surface area contributed by atoms with Crippen LogP contribution in [0, 0.1) is 0 Å². The molecule has 2 heterocycles. The van der Waals surface area contributed by atoms with Crippen LogP contribution in [-0.2, 0) is 6.42 Å². The average Bonchev–Trinajstić information content (AvgIpc) is 2.93. The minimum Gasteiger partial charge on any atom is -0.476 e. The molecule has 0 spiro atoms. The Hall–Kier alpha value is -1.43. The van der Waals surface area contributed by atoms with E-state index in [-0.39, 0.29) is 17.0 Å². The highest BCUT2D eigenvalue weighted by atomic mass is 32.1. The van der Waals surface area contributed by atoms with Crippen molar-refractivity contribution in [3.05, 3.63) is 15.6 Å². The highest BCUT2D eigenvalue weighted by Crippen LogP contribution is 2.24. The molecule has 5 nitrogen and oxygen atoms in total. The van der Waals surface area contributed by atoms with Gasteiger partial charge in [-0.2, -0.15) is 0 Å². The standard InChI is InChI=1S/C12H16N2O3S/c1-3-8-9(13-10(18-8)12(16)17)11(15)14-6-4-5-7(14)2/h7H,3-6H2,1-2H3,(H,16,17). The molecule has 98 valence electrons. The van der Waals surface area contributed by atoms with Crippen LogP contribution in [0.1, 0.15) is 51.9 Å². The van der Waals surface area contributed by atoms with Crippen molar-refractivity contribution in [3.63, 3.8) is 0 Å². The number of thiazole rings is 1. The Balaban J connectivity index is 2.31. The second kappa shape index (κ2) is 5.06. The summed E-state index contributed by atoms with van der Waals surface area (Å²) in [6.07, 6.45) is 2.64. The number of carboxylic acid groups (broad SMARTS) is 1. The molecule has 1 saturated heterocycles. The van der Waals surface area contributed by atoms with Gasteiger partial charge in [0.15, 0.2) is 0 Å². The van der Waals surface area contributed by atoms with E-state index in [1.807, 2.05) is 13.8 Å². The van der Waals surface area contributed by atoms with Crippen LogP contribution in [0.4, 0.5) is 0 Å². The minimum atomic E-state index is -1.07. The lowest BCUT2D eigenvalue weighted by Crippen LogP contribution is -2.34. The number of aryl methyl sites for hydroxylation is 1. The van der Waals surface area contributed by atoms with Crippen LogP contribution in [0.2, 0.25) is 0 Å². The van der Waals surface area contributed by atoms with Crippen LogP contribution >= 0.6 is 11.3 Å². The molecule has 1 aliphatic rings. The second-order valence-corrected chi connectivity index (χ2v) is 5.52. The largest absolute Gasteiger partial charge is 0.476 e. The normalized spacial score (nSPS) is 19.2. The number of rotatable bonds is 3. The van der Waals surface area contributed by atoms with Crippen molar-refractivity contribution in [1.29, 1.82) is 0 Å². The number of amides is 1. The lowest BCUT2D eigenvalue weighted by Gasteiger charge is -2.20. The number of aromatic carboxylic acids is 1. The second-order valence-electron chi connectivity index (χ2n) is 4.44. The van der Waals surface area contributed by atoms with Crippen LogP contribution in [0.25, 0.3) is 0 Å². The first kappa shape index (κ1) is 13.0. The third-order valence-corrected chi connectivity index (χ3v) is 4.41. The molecule has 6 heteroatoms. The molecule has 1 fully saturated rings. The molecule has 0 bridgehead atoms. The molecule has 0 aromatic carbocycles. The zero-order valence-electron chi connectivity index (χ0n) is 10.5. The maximum atomic E-state index is 12.4. The van der Waals surface area contributed by atoms with Gasteiger partial charge in [-0.1, -0.05) is 6.92 Å². The van der Waals surface area contributed by atoms with E-state index in [2.05, 4.69) is 4.98 Å². The van der Waals surface area contributed by atoms with Gasteiger partial charge in [-0.3, -0.25) is 4.79 Å². The van der Waals surface area contributed by atoms with Crippen molar-refractivity contribution in [2.75, 3.05) is 6.54 Å². The van der Waals surface area contributed by atoms with Crippen LogP contribution in [0.15, 0.2) is 0 Å². The Kier molecular flexibility index (Phi) is 3.65. The van der Waals surface area contributed by atoms with E-state index in [0.29, 0.717) is 12.1 Å². The lowest BCUT2D eigenvalue weighted by atomic mass is 10.2. The van der Waals surface area contributed by atoms with Gasteiger partial charge < -0.3 is 10.0 Å². The van der Waals surface area contributed by atoms with Crippen molar-refractivity contribution in [2.24, 2.45) is 0 Å². The number of aromatic nitrogens is 1. The first-order chi connectivity index (χ1) is 8.54. The van der Waals surface area contributed by atoms with Gasteiger partial charge in [-0.25, -0.2) is 9.78 Å². The monoisotopic (exact) mass is 268 g/mol. The fraction of sp³-hybridized carbons (Fsp3) is 0.583. The lowest BCUT2D eigenvalue weighted by molar-refractivity contribution is 0.0696. The van der Waals surface area contributed by atoms with Crippen molar-refractivity contribution in [1.82, 2.24) is 9.88 Å². The van der Waals surface area contributed by atoms with Gasteiger partial charge in [0.1, 0.15) is 5.69 Å². The Morgan fingerprint density at radius 1 is 1.56 bits per heavy atom. The Labute approximate surface area is 109 Å². The average molecular weight is 268 g/mol. The van der Waals surface area contributed by atoms with E-state index < -0.39 is 5.97 Å². The van der Waals surface area contributed by atoms with Crippen molar-refractivity contribution >= 4 is 23.2 Å². The Morgan fingerprint density at radius 3 is 2.78 bits per heavy atom. The number of nitrogens with zero attached hydrogens (tertiary/aromatic N) is 2. The van der Waals surface area contributed by atoms with E-state index in [0.717, 1.165) is 35.6 Å². The number of hydrogen-bond donors (Lipinski definition) is 1. The summed E-state index contributed by atoms with van der Waals surface area (Å²) >= 11 is 1.10. The molecule has 0 saturated carbocycles. The molecule has 0 aliphatic carbocycles. The van der Waals surface area contributed by atoms with Gasteiger partial charge in [-0.05, 0) is 26.2 Å². The molecule has 1 aliphatic heterocycles. The summed E-state index contributed by atoms with van der Waals surface area (Å²) in [5.74, 6) is -1.19. The third-order valence-electron chi connectivity index (χ3n) is 3.22. The molecule has 1 atom stereocenters. The summed E-state index contributed by atoms with van der Waals surface area (Å²) < 4.78 is 0. The molecule has 18 heavy (non-hydrogen) atoms. The highest BCUT2D eigenvalue weighted by Gasteiger charge is 2.30. The third kappa shape index (κ3) is 2.25. The zero-order chi connectivity index (χ0) is 13.3. The number of carbonyl (C=O) groups is 2. The summed E-state index contributed by atoms with van der Waals surface area (Å²) in [6.45, 7) is 4.66. The van der Waals surface area contributed by atoms with E-state index in [4.69, 9.17) is 5.11 Å². The smallest absolute Gasteiger partial charge is 0.365 e. The van der Waals surface area contributed by atoms with Crippen LogP contribution in [0.3, 0.4) is 0 Å². The topological polar surface area (TPSA) is 70.5 Å². The van der Waals surface area contributed by atoms with E-state index in [9.17, 15) is 9.59 Å². The summed E-state index contributed by atoms with van der Waals surface area (Å²) in [7, 11) is 0. The van der Waals surface area contributed by atoms with Gasteiger partial charge in [-0.15, -0.1) is 11.3 Å². The fourth-order valence-corrected chi connectivity index (χ4v) is 3.05. The van der Waals surface area contributed by atoms with E-state index in [1.165, 1.54) is 0 Å². The maximum Gasteiger partial charge on any atom is 0.365 e. The predicted octanol–water partition coefficient (Wildman–Crippen LogP) is 2.03. The summed E-state index contributed by atoms with van der Waals surface area (Å²) in [5, 5.41) is 8.94. The number of carbonyl (C=O) groups excluding carboxylic acids is 1. The summed E-state index contributed by atoms with van der Waals surface area (Å²) in [5.41, 5.74) is 0.327. The van der Waals surface area contributed by atoms with E-state index >= 15 is 0 Å². The van der Waals surface area contributed by atoms with Gasteiger partial charge in [0.25, 0.3) is 5.91 Å². The Bertz CT molecular complexity index is 484. The number of likely N-dealkylation sites (tertiary alicyclic amines) is 1. The maximum absolute atomic E-state index is 12.4. The zero-order valence-corrected chi connectivity index (χ0v) is 11.3. The van der Waals surface area contributed by atoms with Gasteiger partial charge in [0, 0.05) is 17.5 Å². The van der Waals surface area contributed by atoms with Crippen molar-refractivity contribution in [3.8, 4) is 0 Å². The molecular weight excluding hydrogens is 252 g/mol. The fourth-order valence-electron chi connectivity index (χ4n) is 2.22. The molecule has 1 amide bonds. The molecule has 1 unspecified atom stereocenters. The number of carboxylic acids is 1. The van der Waals surface area contributed by atoms with Crippen LogP contribution < -0.4 is 0 Å². The van der Waals surface area contributed by atoms with E-state index in [1.54, 1.807) is 4.90 Å². The summed E-state index contributed by atoms with van der Waals surface area (Å²) in [4.78, 5) is 29.8. The first-order valence-electron chi connectivity index (χ1n) is 6.08.